The number of aliphatic hydroxyl groups is 1. The van der Waals surface area contributed by atoms with Gasteiger partial charge in [-0.3, -0.25) is 4.72 Å². The van der Waals surface area contributed by atoms with E-state index in [0.29, 0.717) is 10.4 Å². The van der Waals surface area contributed by atoms with Crippen molar-refractivity contribution < 1.29 is 17.9 Å². The molecule has 20 heavy (non-hydrogen) atoms. The maximum Gasteiger partial charge on any atom is 0.263 e. The predicted octanol–water partition coefficient (Wildman–Crippen LogP) is 3.14. The lowest BCUT2D eigenvalue weighted by Gasteiger charge is -2.11. The van der Waals surface area contributed by atoms with Crippen LogP contribution in [-0.4, -0.2) is 13.5 Å². The maximum absolute atomic E-state index is 13.2. The molecule has 0 spiro atoms. The molecule has 0 aliphatic heterocycles. The average Bonchev–Trinajstić information content (AvgIpc) is 2.75. The fourth-order valence-corrected chi connectivity index (χ4v) is 4.68. The molecule has 0 fully saturated rings. The van der Waals surface area contributed by atoms with E-state index in [2.05, 4.69) is 4.72 Å². The van der Waals surface area contributed by atoms with E-state index < -0.39 is 15.8 Å². The molecule has 4 nitrogen and oxygen atoms in total. The zero-order valence-corrected chi connectivity index (χ0v) is 12.7. The molecule has 2 aromatic rings. The second kappa shape index (κ2) is 5.69. The van der Waals surface area contributed by atoms with Crippen molar-refractivity contribution in [1.82, 2.24) is 0 Å². The lowest BCUT2D eigenvalue weighted by molar-refractivity contribution is 0.282. The molecular weight excluding hydrogens is 325 g/mol. The molecule has 0 aliphatic rings. The third-order valence-electron chi connectivity index (χ3n) is 2.57. The molecule has 1 heterocycles. The minimum Gasteiger partial charge on any atom is -0.391 e. The van der Waals surface area contributed by atoms with Gasteiger partial charge < -0.3 is 5.11 Å². The first-order valence-corrected chi connectivity index (χ1v) is 8.25. The fourth-order valence-electron chi connectivity index (χ4n) is 1.73. The minimum atomic E-state index is -3.93. The molecule has 0 saturated heterocycles. The highest BCUT2D eigenvalue weighted by Crippen LogP contribution is 2.31. The van der Waals surface area contributed by atoms with Crippen molar-refractivity contribution in [3.63, 3.8) is 0 Å². The Balaban J connectivity index is 2.46. The summed E-state index contributed by atoms with van der Waals surface area (Å²) in [6.45, 7) is 1.24. The van der Waals surface area contributed by atoms with Gasteiger partial charge in [-0.2, -0.15) is 0 Å². The van der Waals surface area contributed by atoms with Crippen LogP contribution >= 0.6 is 22.9 Å². The van der Waals surface area contributed by atoms with Crippen molar-refractivity contribution in [3.05, 3.63) is 44.9 Å². The predicted molar refractivity (Wildman–Crippen MR) is 77.2 cm³/mol. The van der Waals surface area contributed by atoms with Gasteiger partial charge in [0, 0.05) is 0 Å². The summed E-state index contributed by atoms with van der Waals surface area (Å²) in [7, 11) is -3.93. The van der Waals surface area contributed by atoms with Crippen molar-refractivity contribution in [3.8, 4) is 0 Å². The largest absolute Gasteiger partial charge is 0.391 e. The van der Waals surface area contributed by atoms with E-state index in [1.165, 1.54) is 6.07 Å². The number of rotatable bonds is 4. The Bertz CT molecular complexity index is 743. The lowest BCUT2D eigenvalue weighted by Crippen LogP contribution is -2.15. The summed E-state index contributed by atoms with van der Waals surface area (Å²) in [5.41, 5.74) is 0.472. The molecule has 0 bridgehead atoms. The van der Waals surface area contributed by atoms with Gasteiger partial charge in [0.1, 0.15) is 10.7 Å². The summed E-state index contributed by atoms with van der Waals surface area (Å²) in [6.07, 6.45) is 0. The summed E-state index contributed by atoms with van der Waals surface area (Å²) in [4.78, 5) is 0.327. The summed E-state index contributed by atoms with van der Waals surface area (Å²) >= 11 is 6.98. The van der Waals surface area contributed by atoms with E-state index in [-0.39, 0.29) is 22.2 Å². The fraction of sp³-hybridized carbons (Fsp3) is 0.167. The number of benzene rings is 1. The van der Waals surface area contributed by atoms with Crippen LogP contribution in [0, 0.1) is 12.7 Å². The van der Waals surface area contributed by atoms with Crippen LogP contribution in [0.1, 0.15) is 10.4 Å². The van der Waals surface area contributed by atoms with Gasteiger partial charge >= 0.3 is 0 Å². The first-order valence-electron chi connectivity index (χ1n) is 5.51. The molecule has 0 aliphatic carbocycles. The highest BCUT2D eigenvalue weighted by Gasteiger charge is 2.23. The molecule has 0 amide bonds. The van der Waals surface area contributed by atoms with Gasteiger partial charge in [-0.05, 0) is 36.1 Å². The van der Waals surface area contributed by atoms with Crippen LogP contribution in [0.3, 0.4) is 0 Å². The number of nitrogens with one attached hydrogen (secondary N) is 1. The first-order chi connectivity index (χ1) is 9.35. The van der Waals surface area contributed by atoms with Crippen molar-refractivity contribution >= 4 is 38.6 Å². The summed E-state index contributed by atoms with van der Waals surface area (Å²) in [5.74, 6) is -0.600. The molecule has 0 atom stereocenters. The quantitative estimate of drug-likeness (QED) is 0.902. The molecule has 108 valence electrons. The first kappa shape index (κ1) is 15.2. The number of aryl methyl sites for hydroxylation is 1. The summed E-state index contributed by atoms with van der Waals surface area (Å²) in [6, 6.07) is 3.40. The van der Waals surface area contributed by atoms with Gasteiger partial charge in [0.25, 0.3) is 10.0 Å². The van der Waals surface area contributed by atoms with Gasteiger partial charge in [0.15, 0.2) is 0 Å². The zero-order valence-electron chi connectivity index (χ0n) is 10.4. The Labute approximate surface area is 124 Å². The van der Waals surface area contributed by atoms with Crippen molar-refractivity contribution in [2.45, 2.75) is 18.4 Å². The maximum atomic E-state index is 13.2. The number of hydrogen-bond acceptors (Lipinski definition) is 4. The number of anilines is 1. The monoisotopic (exact) mass is 335 g/mol. The third kappa shape index (κ3) is 2.95. The molecule has 0 radical (unpaired) electrons. The molecular formula is C12H11ClFNO3S2. The van der Waals surface area contributed by atoms with Crippen molar-refractivity contribution in [2.75, 3.05) is 4.72 Å². The number of hydrogen-bond donors (Lipinski definition) is 2. The Morgan fingerprint density at radius 3 is 2.80 bits per heavy atom. The van der Waals surface area contributed by atoms with E-state index in [4.69, 9.17) is 11.6 Å². The third-order valence-corrected chi connectivity index (χ3v) is 5.72. The van der Waals surface area contributed by atoms with E-state index in [0.717, 1.165) is 23.5 Å². The molecule has 1 aromatic carbocycles. The number of sulfonamides is 1. The molecule has 2 N–H and O–H groups in total. The number of thiophene rings is 1. The van der Waals surface area contributed by atoms with Crippen LogP contribution < -0.4 is 4.72 Å². The van der Waals surface area contributed by atoms with Gasteiger partial charge in [-0.25, -0.2) is 12.8 Å². The van der Waals surface area contributed by atoms with E-state index in [9.17, 15) is 17.9 Å². The molecule has 2 rings (SSSR count). The Kier molecular flexibility index (Phi) is 4.33. The Hall–Kier alpha value is -1.15. The normalized spacial score (nSPS) is 11.6. The molecule has 1 aromatic heterocycles. The van der Waals surface area contributed by atoms with Crippen LogP contribution in [0.15, 0.2) is 28.5 Å². The second-order valence-corrected chi connectivity index (χ2v) is 7.05. The van der Waals surface area contributed by atoms with Crippen LogP contribution in [0.25, 0.3) is 0 Å². The lowest BCUT2D eigenvalue weighted by atomic mass is 10.3. The molecule has 0 saturated carbocycles. The van der Waals surface area contributed by atoms with Crippen molar-refractivity contribution in [1.29, 1.82) is 0 Å². The Morgan fingerprint density at radius 1 is 1.45 bits per heavy atom. The van der Waals surface area contributed by atoms with Gasteiger partial charge in [0.2, 0.25) is 0 Å². The summed E-state index contributed by atoms with van der Waals surface area (Å²) < 4.78 is 40.1. The minimum absolute atomic E-state index is 0.00493. The highest BCUT2D eigenvalue weighted by atomic mass is 35.5. The second-order valence-electron chi connectivity index (χ2n) is 4.06. The molecule has 8 heteroatoms. The van der Waals surface area contributed by atoms with Crippen molar-refractivity contribution in [2.24, 2.45) is 0 Å². The highest BCUT2D eigenvalue weighted by molar-refractivity contribution is 7.93. The summed E-state index contributed by atoms with van der Waals surface area (Å²) in [5, 5.41) is 10.9. The van der Waals surface area contributed by atoms with E-state index in [1.807, 2.05) is 0 Å². The number of halogens is 2. The SMILES string of the molecule is Cc1csc(CO)c1S(=O)(=O)Nc1cc(F)ccc1Cl. The van der Waals surface area contributed by atoms with E-state index in [1.54, 1.807) is 12.3 Å². The van der Waals surface area contributed by atoms with Crippen LogP contribution in [0.4, 0.5) is 10.1 Å². The zero-order chi connectivity index (χ0) is 14.9. The topological polar surface area (TPSA) is 66.4 Å². The Morgan fingerprint density at radius 2 is 2.15 bits per heavy atom. The van der Waals surface area contributed by atoms with Gasteiger partial charge in [0.05, 0.1) is 22.2 Å². The average molecular weight is 336 g/mol. The van der Waals surface area contributed by atoms with E-state index >= 15 is 0 Å². The standard InChI is InChI=1S/C12H11ClFNO3S2/c1-7-6-19-11(5-16)12(7)20(17,18)15-10-4-8(14)2-3-9(10)13/h2-4,6,15-16H,5H2,1H3. The van der Waals surface area contributed by atoms with Crippen LogP contribution in [-0.2, 0) is 16.6 Å². The van der Waals surface area contributed by atoms with Gasteiger partial charge in [-0.15, -0.1) is 11.3 Å². The number of aliphatic hydroxyl groups excluding tert-OH is 1. The smallest absolute Gasteiger partial charge is 0.263 e. The van der Waals surface area contributed by atoms with Gasteiger partial charge in [-0.1, -0.05) is 11.6 Å². The van der Waals surface area contributed by atoms with Crippen LogP contribution in [0.2, 0.25) is 5.02 Å². The van der Waals surface area contributed by atoms with Crippen LogP contribution in [0.5, 0.6) is 0 Å². The molecule has 0 unspecified atom stereocenters.